The Labute approximate surface area is 183 Å². The first-order valence-electron chi connectivity index (χ1n) is 9.45. The van der Waals surface area contributed by atoms with E-state index < -0.39 is 0 Å². The van der Waals surface area contributed by atoms with Crippen molar-refractivity contribution in [1.82, 2.24) is 14.4 Å². The van der Waals surface area contributed by atoms with Crippen LogP contribution in [0.25, 0.3) is 17.0 Å². The number of imidazole rings is 1. The summed E-state index contributed by atoms with van der Waals surface area (Å²) in [6.45, 7) is 2.07. The van der Waals surface area contributed by atoms with Crippen molar-refractivity contribution >= 4 is 34.9 Å². The number of halogens is 1. The number of anilines is 2. The number of nitrogens with zero attached hydrogens (tertiary/aromatic N) is 3. The summed E-state index contributed by atoms with van der Waals surface area (Å²) in [6.07, 6.45) is 3.22. The van der Waals surface area contributed by atoms with Gasteiger partial charge >= 0.3 is 5.97 Å². The van der Waals surface area contributed by atoms with E-state index in [4.69, 9.17) is 21.1 Å². The number of methoxy groups -OCH3 is 1. The molecule has 4 rings (SSSR count). The summed E-state index contributed by atoms with van der Waals surface area (Å²) >= 11 is 6.16. The van der Waals surface area contributed by atoms with Crippen LogP contribution in [0.5, 0.6) is 11.5 Å². The van der Waals surface area contributed by atoms with Crippen molar-refractivity contribution in [2.45, 2.75) is 6.92 Å². The molecule has 0 aliphatic carbocycles. The van der Waals surface area contributed by atoms with Gasteiger partial charge in [-0.1, -0.05) is 11.6 Å². The standard InChI is InChI=1S/C22H19ClN4O4/c1-3-31-21(29)13-4-7-16(8-5-13)25-20-19(14-6-9-17(28)18(10-14)30-2)26-22-24-11-15(23)12-27(20)22/h4-12,25,28H,3H2,1-2H3. The third-order valence-electron chi connectivity index (χ3n) is 4.56. The third kappa shape index (κ3) is 4.10. The number of nitrogens with one attached hydrogen (secondary N) is 1. The molecule has 0 saturated carbocycles. The number of carbonyl (C=O) groups is 1. The van der Waals surface area contributed by atoms with Crippen molar-refractivity contribution in [1.29, 1.82) is 0 Å². The van der Waals surface area contributed by atoms with E-state index in [1.165, 1.54) is 19.4 Å². The van der Waals surface area contributed by atoms with Crippen LogP contribution >= 0.6 is 11.6 Å². The molecule has 0 unspecified atom stereocenters. The minimum atomic E-state index is -0.378. The van der Waals surface area contributed by atoms with Crippen LogP contribution < -0.4 is 10.1 Å². The second-order valence-electron chi connectivity index (χ2n) is 6.56. The minimum absolute atomic E-state index is 0.0280. The van der Waals surface area contributed by atoms with E-state index in [9.17, 15) is 9.90 Å². The van der Waals surface area contributed by atoms with Crippen molar-refractivity contribution < 1.29 is 19.4 Å². The van der Waals surface area contributed by atoms with Gasteiger partial charge in [-0.2, -0.15) is 0 Å². The molecule has 0 saturated heterocycles. The molecule has 0 spiro atoms. The molecule has 2 N–H and O–H groups in total. The van der Waals surface area contributed by atoms with Crippen LogP contribution in [0.15, 0.2) is 54.9 Å². The Morgan fingerprint density at radius 3 is 2.71 bits per heavy atom. The molecule has 2 aromatic carbocycles. The van der Waals surface area contributed by atoms with Gasteiger partial charge in [-0.3, -0.25) is 4.40 Å². The largest absolute Gasteiger partial charge is 0.504 e. The number of aromatic nitrogens is 3. The lowest BCUT2D eigenvalue weighted by molar-refractivity contribution is 0.0526. The number of hydrogen-bond acceptors (Lipinski definition) is 7. The predicted molar refractivity (Wildman–Crippen MR) is 117 cm³/mol. The number of aromatic hydroxyl groups is 1. The Balaban J connectivity index is 1.78. The molecule has 0 fully saturated rings. The Hall–Kier alpha value is -3.78. The fourth-order valence-corrected chi connectivity index (χ4v) is 3.24. The highest BCUT2D eigenvalue weighted by molar-refractivity contribution is 6.30. The molecule has 2 heterocycles. The monoisotopic (exact) mass is 438 g/mol. The van der Waals surface area contributed by atoms with Gasteiger partial charge in [0.05, 0.1) is 30.5 Å². The van der Waals surface area contributed by atoms with Crippen LogP contribution in [-0.4, -0.2) is 39.2 Å². The molecule has 0 radical (unpaired) electrons. The van der Waals surface area contributed by atoms with Crippen molar-refractivity contribution in [3.8, 4) is 22.8 Å². The molecule has 0 aliphatic rings. The maximum atomic E-state index is 11.9. The molecular formula is C22H19ClN4O4. The lowest BCUT2D eigenvalue weighted by Gasteiger charge is -2.11. The fraction of sp³-hybridized carbons (Fsp3) is 0.136. The van der Waals surface area contributed by atoms with Gasteiger partial charge in [0.1, 0.15) is 11.5 Å². The van der Waals surface area contributed by atoms with Crippen molar-refractivity contribution in [2.75, 3.05) is 19.0 Å². The molecule has 0 aliphatic heterocycles. The number of phenolic OH excluding ortho intramolecular Hbond substituents is 1. The highest BCUT2D eigenvalue weighted by Crippen LogP contribution is 2.36. The number of ether oxygens (including phenoxy) is 2. The zero-order chi connectivity index (χ0) is 22.0. The zero-order valence-corrected chi connectivity index (χ0v) is 17.6. The van der Waals surface area contributed by atoms with Crippen LogP contribution in [0, 0.1) is 0 Å². The molecule has 0 atom stereocenters. The van der Waals surface area contributed by atoms with Gasteiger partial charge in [-0.05, 0) is 49.4 Å². The lowest BCUT2D eigenvalue weighted by atomic mass is 10.1. The number of rotatable bonds is 6. The predicted octanol–water partition coefficient (Wildman–Crippen LogP) is 4.68. The van der Waals surface area contributed by atoms with E-state index in [2.05, 4.69) is 15.3 Å². The maximum Gasteiger partial charge on any atom is 0.338 e. The first-order valence-corrected chi connectivity index (χ1v) is 9.83. The van der Waals surface area contributed by atoms with Gasteiger partial charge in [0.25, 0.3) is 0 Å². The van der Waals surface area contributed by atoms with Crippen LogP contribution in [0.2, 0.25) is 5.02 Å². The molecule has 8 nitrogen and oxygen atoms in total. The van der Waals surface area contributed by atoms with Crippen LogP contribution in [-0.2, 0) is 4.74 Å². The number of esters is 1. The Morgan fingerprint density at radius 2 is 2.00 bits per heavy atom. The van der Waals surface area contributed by atoms with Gasteiger partial charge < -0.3 is 19.9 Å². The quantitative estimate of drug-likeness (QED) is 0.421. The molecule has 31 heavy (non-hydrogen) atoms. The van der Waals surface area contributed by atoms with Gasteiger partial charge in [-0.25, -0.2) is 14.8 Å². The normalized spacial score (nSPS) is 10.8. The van der Waals surface area contributed by atoms with E-state index >= 15 is 0 Å². The maximum absolute atomic E-state index is 11.9. The zero-order valence-electron chi connectivity index (χ0n) is 16.8. The lowest BCUT2D eigenvalue weighted by Crippen LogP contribution is -2.04. The summed E-state index contributed by atoms with van der Waals surface area (Å²) in [7, 11) is 1.48. The van der Waals surface area contributed by atoms with E-state index in [1.54, 1.807) is 53.9 Å². The van der Waals surface area contributed by atoms with Crippen molar-refractivity contribution in [2.24, 2.45) is 0 Å². The van der Waals surface area contributed by atoms with E-state index in [0.717, 1.165) is 5.69 Å². The summed E-state index contributed by atoms with van der Waals surface area (Å²) in [5, 5.41) is 13.7. The second kappa shape index (κ2) is 8.53. The summed E-state index contributed by atoms with van der Waals surface area (Å²) < 4.78 is 12.0. The molecule has 0 amide bonds. The average Bonchev–Trinajstić information content (AvgIpc) is 3.12. The third-order valence-corrected chi connectivity index (χ3v) is 4.76. The average molecular weight is 439 g/mol. The van der Waals surface area contributed by atoms with Crippen molar-refractivity contribution in [3.05, 3.63) is 65.4 Å². The smallest absolute Gasteiger partial charge is 0.338 e. The number of phenols is 1. The summed E-state index contributed by atoms with van der Waals surface area (Å²) in [5.74, 6) is 1.03. The summed E-state index contributed by atoms with van der Waals surface area (Å²) in [4.78, 5) is 20.8. The van der Waals surface area contributed by atoms with Gasteiger partial charge in [0.2, 0.25) is 5.78 Å². The molecular weight excluding hydrogens is 420 g/mol. The highest BCUT2D eigenvalue weighted by atomic mass is 35.5. The number of hydrogen-bond donors (Lipinski definition) is 2. The molecule has 9 heteroatoms. The Kier molecular flexibility index (Phi) is 5.64. The van der Waals surface area contributed by atoms with E-state index in [-0.39, 0.29) is 11.7 Å². The first-order chi connectivity index (χ1) is 15.0. The topological polar surface area (TPSA) is 98.0 Å². The van der Waals surface area contributed by atoms with Crippen LogP contribution in [0.3, 0.4) is 0 Å². The summed E-state index contributed by atoms with van der Waals surface area (Å²) in [6, 6.07) is 11.9. The fourth-order valence-electron chi connectivity index (χ4n) is 3.10. The Bertz CT molecular complexity index is 1250. The first kappa shape index (κ1) is 20.5. The highest BCUT2D eigenvalue weighted by Gasteiger charge is 2.17. The van der Waals surface area contributed by atoms with Gasteiger partial charge in [-0.15, -0.1) is 0 Å². The van der Waals surface area contributed by atoms with Crippen molar-refractivity contribution in [3.63, 3.8) is 0 Å². The second-order valence-corrected chi connectivity index (χ2v) is 7.00. The number of benzene rings is 2. The van der Waals surface area contributed by atoms with E-state index in [1.807, 2.05) is 0 Å². The van der Waals surface area contributed by atoms with Gasteiger partial charge in [0, 0.05) is 17.4 Å². The molecule has 4 aromatic rings. The SMILES string of the molecule is CCOC(=O)c1ccc(Nc2c(-c3ccc(O)c(OC)c3)nc3ncc(Cl)cn23)cc1. The Morgan fingerprint density at radius 1 is 1.23 bits per heavy atom. The minimum Gasteiger partial charge on any atom is -0.504 e. The van der Waals surface area contributed by atoms with Gasteiger partial charge in [0.15, 0.2) is 11.5 Å². The summed E-state index contributed by atoms with van der Waals surface area (Å²) in [5.41, 5.74) is 2.48. The van der Waals surface area contributed by atoms with E-state index in [0.29, 0.717) is 45.8 Å². The van der Waals surface area contributed by atoms with Crippen LogP contribution in [0.4, 0.5) is 11.5 Å². The molecule has 158 valence electrons. The number of carbonyl (C=O) groups excluding carboxylic acids is 1. The van der Waals surface area contributed by atoms with Crippen LogP contribution in [0.1, 0.15) is 17.3 Å². The molecule has 2 aromatic heterocycles. The number of fused-ring (bicyclic) bond motifs is 1. The molecule has 0 bridgehead atoms.